The van der Waals surface area contributed by atoms with E-state index < -0.39 is 5.60 Å². The summed E-state index contributed by atoms with van der Waals surface area (Å²) < 4.78 is 5.20. The van der Waals surface area contributed by atoms with E-state index in [1.807, 2.05) is 13.1 Å². The zero-order valence-corrected chi connectivity index (χ0v) is 10.5. The predicted molar refractivity (Wildman–Crippen MR) is 63.7 cm³/mol. The van der Waals surface area contributed by atoms with E-state index in [-0.39, 0.29) is 6.04 Å². The summed E-state index contributed by atoms with van der Waals surface area (Å²) in [6, 6.07) is 0.232. The van der Waals surface area contributed by atoms with E-state index in [4.69, 9.17) is 4.74 Å². The van der Waals surface area contributed by atoms with E-state index in [0.29, 0.717) is 26.2 Å². The van der Waals surface area contributed by atoms with Crippen molar-refractivity contribution in [2.75, 3.05) is 19.8 Å². The highest BCUT2D eigenvalue weighted by Crippen LogP contribution is 2.22. The highest BCUT2D eigenvalue weighted by molar-refractivity contribution is 7.11. The number of rotatable bonds is 4. The van der Waals surface area contributed by atoms with Crippen molar-refractivity contribution in [1.82, 2.24) is 10.3 Å². The van der Waals surface area contributed by atoms with E-state index in [1.54, 1.807) is 11.3 Å². The van der Waals surface area contributed by atoms with Crippen LogP contribution in [0.2, 0.25) is 0 Å². The van der Waals surface area contributed by atoms with Crippen LogP contribution in [0.1, 0.15) is 29.3 Å². The molecule has 2 atom stereocenters. The minimum atomic E-state index is -0.687. The molecule has 0 spiro atoms. The Bertz CT molecular complexity index is 348. The lowest BCUT2D eigenvalue weighted by atomic mass is 10.0. The molecule has 2 rings (SSSR count). The fraction of sp³-hybridized carbons (Fsp3) is 0.727. The molecule has 0 radical (unpaired) electrons. The number of aromatic nitrogens is 1. The van der Waals surface area contributed by atoms with Gasteiger partial charge in [-0.3, -0.25) is 0 Å². The van der Waals surface area contributed by atoms with Crippen LogP contribution in [-0.2, 0) is 4.74 Å². The third-order valence-electron chi connectivity index (χ3n) is 2.89. The molecule has 0 aromatic carbocycles. The molecule has 90 valence electrons. The largest absolute Gasteiger partial charge is 0.386 e. The van der Waals surface area contributed by atoms with Crippen molar-refractivity contribution in [2.24, 2.45) is 0 Å². The van der Waals surface area contributed by atoms with Gasteiger partial charge in [-0.1, -0.05) is 0 Å². The van der Waals surface area contributed by atoms with Crippen LogP contribution in [0.4, 0.5) is 0 Å². The van der Waals surface area contributed by atoms with Crippen LogP contribution >= 0.6 is 11.3 Å². The second kappa shape index (κ2) is 4.79. The van der Waals surface area contributed by atoms with Gasteiger partial charge in [0.25, 0.3) is 0 Å². The zero-order valence-electron chi connectivity index (χ0n) is 9.69. The summed E-state index contributed by atoms with van der Waals surface area (Å²) in [6.45, 7) is 5.76. The summed E-state index contributed by atoms with van der Waals surface area (Å²) in [7, 11) is 0. The summed E-state index contributed by atoms with van der Waals surface area (Å²) in [5, 5.41) is 14.5. The molecule has 1 aliphatic rings. The molecule has 0 aliphatic carbocycles. The SMILES string of the molecule is Cc1ncc(C(C)NCC2(O)CCOC2)s1. The molecule has 2 unspecified atom stereocenters. The van der Waals surface area contributed by atoms with Crippen LogP contribution in [0.15, 0.2) is 6.20 Å². The number of nitrogens with one attached hydrogen (secondary N) is 1. The average molecular weight is 242 g/mol. The summed E-state index contributed by atoms with van der Waals surface area (Å²) in [5.41, 5.74) is -0.687. The van der Waals surface area contributed by atoms with Gasteiger partial charge in [-0.15, -0.1) is 11.3 Å². The number of hydrogen-bond donors (Lipinski definition) is 2. The molecule has 2 N–H and O–H groups in total. The number of thiazole rings is 1. The number of ether oxygens (including phenoxy) is 1. The number of nitrogens with zero attached hydrogens (tertiary/aromatic N) is 1. The topological polar surface area (TPSA) is 54.4 Å². The Labute approximate surface area is 99.7 Å². The van der Waals surface area contributed by atoms with Gasteiger partial charge in [-0.05, 0) is 13.8 Å². The Morgan fingerprint density at radius 1 is 1.75 bits per heavy atom. The molecule has 1 aliphatic heterocycles. The fourth-order valence-electron chi connectivity index (χ4n) is 1.76. The molecule has 0 amide bonds. The lowest BCUT2D eigenvalue weighted by Gasteiger charge is -2.23. The van der Waals surface area contributed by atoms with E-state index in [9.17, 15) is 5.11 Å². The summed E-state index contributed by atoms with van der Waals surface area (Å²) in [4.78, 5) is 5.43. The third kappa shape index (κ3) is 2.79. The van der Waals surface area contributed by atoms with Crippen molar-refractivity contribution < 1.29 is 9.84 Å². The Hall–Kier alpha value is -0.490. The van der Waals surface area contributed by atoms with Gasteiger partial charge < -0.3 is 15.2 Å². The molecule has 1 aromatic rings. The van der Waals surface area contributed by atoms with Crippen molar-refractivity contribution in [3.8, 4) is 0 Å². The van der Waals surface area contributed by atoms with Crippen molar-refractivity contribution >= 4 is 11.3 Å². The summed E-state index contributed by atoms with van der Waals surface area (Å²) in [5.74, 6) is 0. The van der Waals surface area contributed by atoms with Gasteiger partial charge in [-0.2, -0.15) is 0 Å². The van der Waals surface area contributed by atoms with E-state index >= 15 is 0 Å². The monoisotopic (exact) mass is 242 g/mol. The number of aryl methyl sites for hydroxylation is 1. The molecule has 1 aromatic heterocycles. The first-order chi connectivity index (χ1) is 7.59. The maximum Gasteiger partial charge on any atom is 0.103 e. The van der Waals surface area contributed by atoms with Crippen LogP contribution in [-0.4, -0.2) is 35.5 Å². The van der Waals surface area contributed by atoms with Gasteiger partial charge >= 0.3 is 0 Å². The second-order valence-electron chi connectivity index (χ2n) is 4.41. The van der Waals surface area contributed by atoms with Crippen molar-refractivity contribution in [3.05, 3.63) is 16.1 Å². The molecule has 0 saturated carbocycles. The molecule has 2 heterocycles. The molecule has 4 nitrogen and oxygen atoms in total. The quantitative estimate of drug-likeness (QED) is 0.834. The van der Waals surface area contributed by atoms with E-state index in [0.717, 1.165) is 5.01 Å². The van der Waals surface area contributed by atoms with Crippen LogP contribution in [0.5, 0.6) is 0 Å². The first-order valence-corrected chi connectivity index (χ1v) is 6.37. The molecule has 1 saturated heterocycles. The molecular formula is C11H18N2O2S. The highest BCUT2D eigenvalue weighted by atomic mass is 32.1. The standard InChI is InChI=1S/C11H18N2O2S/c1-8(10-5-12-9(2)16-10)13-6-11(14)3-4-15-7-11/h5,8,13-14H,3-4,6-7H2,1-2H3. The van der Waals surface area contributed by atoms with Crippen molar-refractivity contribution in [2.45, 2.75) is 31.9 Å². The predicted octanol–water partition coefficient (Wildman–Crippen LogP) is 1.25. The Morgan fingerprint density at radius 2 is 2.56 bits per heavy atom. The van der Waals surface area contributed by atoms with E-state index in [2.05, 4.69) is 17.2 Å². The summed E-state index contributed by atoms with van der Waals surface area (Å²) in [6.07, 6.45) is 2.61. The fourth-order valence-corrected chi connectivity index (χ4v) is 2.57. The highest BCUT2D eigenvalue weighted by Gasteiger charge is 2.32. The lowest BCUT2D eigenvalue weighted by Crippen LogP contribution is -2.41. The second-order valence-corrected chi connectivity index (χ2v) is 5.68. The van der Waals surface area contributed by atoms with Crippen LogP contribution in [0.3, 0.4) is 0 Å². The van der Waals surface area contributed by atoms with Gasteiger partial charge in [0, 0.05) is 36.7 Å². The first kappa shape index (κ1) is 12.0. The molecule has 1 fully saturated rings. The molecule has 16 heavy (non-hydrogen) atoms. The maximum atomic E-state index is 10.1. The maximum absolute atomic E-state index is 10.1. The smallest absolute Gasteiger partial charge is 0.103 e. The minimum Gasteiger partial charge on any atom is -0.386 e. The normalized spacial score (nSPS) is 27.2. The van der Waals surface area contributed by atoms with Crippen LogP contribution < -0.4 is 5.32 Å². The minimum absolute atomic E-state index is 0.232. The van der Waals surface area contributed by atoms with Crippen LogP contribution in [0, 0.1) is 6.92 Å². The van der Waals surface area contributed by atoms with Gasteiger partial charge in [0.1, 0.15) is 5.60 Å². The zero-order chi connectivity index (χ0) is 11.6. The van der Waals surface area contributed by atoms with Crippen molar-refractivity contribution in [1.29, 1.82) is 0 Å². The average Bonchev–Trinajstić information content (AvgIpc) is 2.85. The van der Waals surface area contributed by atoms with Crippen molar-refractivity contribution in [3.63, 3.8) is 0 Å². The lowest BCUT2D eigenvalue weighted by molar-refractivity contribution is 0.0252. The Balaban J connectivity index is 1.86. The Kier molecular flexibility index (Phi) is 3.59. The van der Waals surface area contributed by atoms with Gasteiger partial charge in [0.2, 0.25) is 0 Å². The van der Waals surface area contributed by atoms with E-state index in [1.165, 1.54) is 4.88 Å². The molecular weight excluding hydrogens is 224 g/mol. The first-order valence-electron chi connectivity index (χ1n) is 5.55. The van der Waals surface area contributed by atoms with Gasteiger partial charge in [0.15, 0.2) is 0 Å². The van der Waals surface area contributed by atoms with Crippen LogP contribution in [0.25, 0.3) is 0 Å². The summed E-state index contributed by atoms with van der Waals surface area (Å²) >= 11 is 1.69. The van der Waals surface area contributed by atoms with Gasteiger partial charge in [-0.25, -0.2) is 4.98 Å². The molecule has 0 bridgehead atoms. The number of aliphatic hydroxyl groups is 1. The molecule has 5 heteroatoms. The van der Waals surface area contributed by atoms with Gasteiger partial charge in [0.05, 0.1) is 11.6 Å². The third-order valence-corrected chi connectivity index (χ3v) is 3.98. The number of hydrogen-bond acceptors (Lipinski definition) is 5. The Morgan fingerprint density at radius 3 is 3.12 bits per heavy atom.